The van der Waals surface area contributed by atoms with Gasteiger partial charge in [-0.25, -0.2) is 0 Å². The Morgan fingerprint density at radius 3 is 2.46 bits per heavy atom. The highest BCUT2D eigenvalue weighted by molar-refractivity contribution is 6.09. The van der Waals surface area contributed by atoms with Crippen molar-refractivity contribution in [3.63, 3.8) is 0 Å². The zero-order chi connectivity index (χ0) is 17.2. The van der Waals surface area contributed by atoms with E-state index in [0.29, 0.717) is 11.4 Å². The van der Waals surface area contributed by atoms with E-state index in [2.05, 4.69) is 5.32 Å². The Bertz CT molecular complexity index is 647. The van der Waals surface area contributed by atoms with E-state index in [-0.39, 0.29) is 30.7 Å². The van der Waals surface area contributed by atoms with Gasteiger partial charge in [0.2, 0.25) is 17.7 Å². The third-order valence-corrected chi connectivity index (χ3v) is 4.98. The number of hydrogen-bond donors (Lipinski definition) is 1. The summed E-state index contributed by atoms with van der Waals surface area (Å²) in [5, 5.41) is 2.71. The predicted molar refractivity (Wildman–Crippen MR) is 88.5 cm³/mol. The maximum absolute atomic E-state index is 12.7. The van der Waals surface area contributed by atoms with Crippen LogP contribution in [0.5, 0.6) is 5.75 Å². The van der Waals surface area contributed by atoms with Crippen molar-refractivity contribution in [2.75, 3.05) is 19.0 Å². The standard InChI is InChI=1S/C18H22N2O4/c1-24-14-7-5-13(6-8-14)19-15(21)12-20-16(22)11-18(17(20)23)9-3-2-4-10-18/h5-8H,2-4,9-12H2,1H3,(H,19,21). The van der Waals surface area contributed by atoms with Crippen LogP contribution in [0.3, 0.4) is 0 Å². The molecule has 1 saturated carbocycles. The highest BCUT2D eigenvalue weighted by Gasteiger charge is 2.51. The smallest absolute Gasteiger partial charge is 0.244 e. The van der Waals surface area contributed by atoms with Crippen molar-refractivity contribution >= 4 is 23.4 Å². The van der Waals surface area contributed by atoms with Crippen molar-refractivity contribution < 1.29 is 19.1 Å². The number of likely N-dealkylation sites (tertiary alicyclic amines) is 1. The maximum Gasteiger partial charge on any atom is 0.244 e. The van der Waals surface area contributed by atoms with E-state index in [1.54, 1.807) is 31.4 Å². The highest BCUT2D eigenvalue weighted by atomic mass is 16.5. The summed E-state index contributed by atoms with van der Waals surface area (Å²) in [6, 6.07) is 6.90. The van der Waals surface area contributed by atoms with E-state index in [1.807, 2.05) is 0 Å². The molecule has 2 fully saturated rings. The number of methoxy groups -OCH3 is 1. The van der Waals surface area contributed by atoms with Gasteiger partial charge < -0.3 is 10.1 Å². The normalized spacial score (nSPS) is 19.6. The van der Waals surface area contributed by atoms with Crippen molar-refractivity contribution in [2.24, 2.45) is 5.41 Å². The second kappa shape index (κ2) is 6.63. The number of carbonyl (C=O) groups is 3. The zero-order valence-corrected chi connectivity index (χ0v) is 13.8. The Kier molecular flexibility index (Phi) is 4.55. The second-order valence-electron chi connectivity index (χ2n) is 6.58. The van der Waals surface area contributed by atoms with Crippen LogP contribution in [0.2, 0.25) is 0 Å². The third-order valence-electron chi connectivity index (χ3n) is 4.98. The quantitative estimate of drug-likeness (QED) is 0.860. The Balaban J connectivity index is 1.63. The Labute approximate surface area is 141 Å². The van der Waals surface area contributed by atoms with Crippen LogP contribution in [0.25, 0.3) is 0 Å². The molecule has 1 spiro atoms. The largest absolute Gasteiger partial charge is 0.497 e. The Morgan fingerprint density at radius 2 is 1.83 bits per heavy atom. The molecule has 0 atom stereocenters. The van der Waals surface area contributed by atoms with Gasteiger partial charge in [-0.15, -0.1) is 0 Å². The van der Waals surface area contributed by atoms with E-state index in [0.717, 1.165) is 37.0 Å². The van der Waals surface area contributed by atoms with Crippen LogP contribution in [0.15, 0.2) is 24.3 Å². The summed E-state index contributed by atoms with van der Waals surface area (Å²) in [5.74, 6) is -0.0734. The Morgan fingerprint density at radius 1 is 1.17 bits per heavy atom. The number of rotatable bonds is 4. The second-order valence-corrected chi connectivity index (χ2v) is 6.58. The van der Waals surface area contributed by atoms with Crippen LogP contribution in [-0.2, 0) is 14.4 Å². The van der Waals surface area contributed by atoms with E-state index in [1.165, 1.54) is 0 Å². The summed E-state index contributed by atoms with van der Waals surface area (Å²) in [4.78, 5) is 38.2. The highest BCUT2D eigenvalue weighted by Crippen LogP contribution is 2.45. The average molecular weight is 330 g/mol. The molecule has 1 aliphatic heterocycles. The average Bonchev–Trinajstić information content (AvgIpc) is 2.80. The number of amides is 3. The molecule has 6 nitrogen and oxygen atoms in total. The van der Waals surface area contributed by atoms with Gasteiger partial charge in [0.25, 0.3) is 0 Å². The molecule has 2 aliphatic rings. The maximum atomic E-state index is 12.7. The Hall–Kier alpha value is -2.37. The van der Waals surface area contributed by atoms with Gasteiger partial charge in [-0.3, -0.25) is 19.3 Å². The molecule has 3 amide bonds. The lowest BCUT2D eigenvalue weighted by Crippen LogP contribution is -2.41. The number of imide groups is 1. The predicted octanol–water partition coefficient (Wildman–Crippen LogP) is 2.34. The number of hydrogen-bond acceptors (Lipinski definition) is 4. The fourth-order valence-corrected chi connectivity index (χ4v) is 3.66. The molecule has 0 aromatic heterocycles. The molecule has 0 bridgehead atoms. The number of nitrogens with zero attached hydrogens (tertiary/aromatic N) is 1. The first kappa shape index (κ1) is 16.5. The molecule has 128 valence electrons. The summed E-state index contributed by atoms with van der Waals surface area (Å²) >= 11 is 0. The van der Waals surface area contributed by atoms with Crippen LogP contribution in [0, 0.1) is 5.41 Å². The first-order valence-corrected chi connectivity index (χ1v) is 8.33. The summed E-state index contributed by atoms with van der Waals surface area (Å²) in [6.45, 7) is -0.217. The molecule has 1 aromatic carbocycles. The lowest BCUT2D eigenvalue weighted by atomic mass is 9.73. The molecule has 24 heavy (non-hydrogen) atoms. The summed E-state index contributed by atoms with van der Waals surface area (Å²) in [7, 11) is 1.57. The fraction of sp³-hybridized carbons (Fsp3) is 0.500. The minimum atomic E-state index is -0.546. The van der Waals surface area contributed by atoms with Crippen LogP contribution in [0.1, 0.15) is 38.5 Å². The molecule has 1 N–H and O–H groups in total. The van der Waals surface area contributed by atoms with E-state index in [9.17, 15) is 14.4 Å². The van der Waals surface area contributed by atoms with Gasteiger partial charge in [0, 0.05) is 12.1 Å². The SMILES string of the molecule is COc1ccc(NC(=O)CN2C(=O)CC3(CCCCC3)C2=O)cc1. The first-order chi connectivity index (χ1) is 11.5. The number of benzene rings is 1. The van der Waals surface area contributed by atoms with Crippen molar-refractivity contribution in [3.8, 4) is 5.75 Å². The lowest BCUT2D eigenvalue weighted by Gasteiger charge is -2.30. The molecular weight excluding hydrogens is 308 g/mol. The van der Waals surface area contributed by atoms with Crippen LogP contribution >= 0.6 is 0 Å². The summed E-state index contributed by atoms with van der Waals surface area (Å²) in [6.07, 6.45) is 4.83. The molecule has 0 unspecified atom stereocenters. The molecular formula is C18H22N2O4. The number of anilines is 1. The van der Waals surface area contributed by atoms with Gasteiger partial charge in [-0.1, -0.05) is 19.3 Å². The number of carbonyl (C=O) groups excluding carboxylic acids is 3. The van der Waals surface area contributed by atoms with Crippen molar-refractivity contribution in [2.45, 2.75) is 38.5 Å². The number of ether oxygens (including phenoxy) is 1. The van der Waals surface area contributed by atoms with Crippen LogP contribution < -0.4 is 10.1 Å². The lowest BCUT2D eigenvalue weighted by molar-refractivity contribution is -0.144. The zero-order valence-electron chi connectivity index (χ0n) is 13.8. The van der Waals surface area contributed by atoms with Gasteiger partial charge in [-0.2, -0.15) is 0 Å². The van der Waals surface area contributed by atoms with Crippen molar-refractivity contribution in [1.29, 1.82) is 0 Å². The molecule has 0 radical (unpaired) electrons. The minimum Gasteiger partial charge on any atom is -0.497 e. The van der Waals surface area contributed by atoms with Gasteiger partial charge in [0.05, 0.1) is 12.5 Å². The molecule has 6 heteroatoms. The molecule has 1 aromatic rings. The monoisotopic (exact) mass is 330 g/mol. The van der Waals surface area contributed by atoms with Gasteiger partial charge in [-0.05, 0) is 37.1 Å². The van der Waals surface area contributed by atoms with E-state index < -0.39 is 5.41 Å². The molecule has 3 rings (SSSR count). The third kappa shape index (κ3) is 3.13. The number of nitrogens with one attached hydrogen (secondary N) is 1. The summed E-state index contributed by atoms with van der Waals surface area (Å²) in [5.41, 5.74) is 0.0581. The van der Waals surface area contributed by atoms with Gasteiger partial charge in [0.15, 0.2) is 0 Å². The first-order valence-electron chi connectivity index (χ1n) is 8.33. The van der Waals surface area contributed by atoms with Gasteiger partial charge in [0.1, 0.15) is 12.3 Å². The van der Waals surface area contributed by atoms with Crippen molar-refractivity contribution in [3.05, 3.63) is 24.3 Å². The van der Waals surface area contributed by atoms with Crippen LogP contribution in [0.4, 0.5) is 5.69 Å². The topological polar surface area (TPSA) is 75.7 Å². The minimum absolute atomic E-state index is 0.169. The van der Waals surface area contributed by atoms with E-state index in [4.69, 9.17) is 4.74 Å². The molecule has 1 heterocycles. The summed E-state index contributed by atoms with van der Waals surface area (Å²) < 4.78 is 5.06. The molecule has 1 saturated heterocycles. The van der Waals surface area contributed by atoms with Crippen molar-refractivity contribution in [1.82, 2.24) is 4.90 Å². The van der Waals surface area contributed by atoms with E-state index >= 15 is 0 Å². The van der Waals surface area contributed by atoms with Crippen LogP contribution in [-0.4, -0.2) is 36.3 Å². The molecule has 1 aliphatic carbocycles. The van der Waals surface area contributed by atoms with Gasteiger partial charge >= 0.3 is 0 Å². The fourth-order valence-electron chi connectivity index (χ4n) is 3.66.